The van der Waals surface area contributed by atoms with Crippen molar-refractivity contribution >= 4 is 67.4 Å². The van der Waals surface area contributed by atoms with E-state index in [1.807, 2.05) is 48.6 Å². The zero-order valence-corrected chi connectivity index (χ0v) is 47.2. The van der Waals surface area contributed by atoms with Crippen molar-refractivity contribution in [2.75, 3.05) is 78.2 Å². The molecule has 0 saturated heterocycles. The number of carbonyl (C=O) groups is 2. The van der Waals surface area contributed by atoms with E-state index in [0.717, 1.165) is 146 Å². The second kappa shape index (κ2) is 35.1. The van der Waals surface area contributed by atoms with Crippen molar-refractivity contribution < 1.29 is 33.6 Å². The quantitative estimate of drug-likeness (QED) is 0.0189. The summed E-state index contributed by atoms with van der Waals surface area (Å²) < 4.78 is 20.8. The van der Waals surface area contributed by atoms with Gasteiger partial charge in [-0.3, -0.25) is 9.59 Å². The minimum absolute atomic E-state index is 0. The Labute approximate surface area is 461 Å². The highest BCUT2D eigenvalue weighted by Gasteiger charge is 2.18. The van der Waals surface area contributed by atoms with E-state index in [-0.39, 0.29) is 46.4 Å². The molecule has 8 N–H and O–H groups in total. The van der Waals surface area contributed by atoms with Crippen LogP contribution in [0.5, 0.6) is 0 Å². The first-order chi connectivity index (χ1) is 35.8. The van der Waals surface area contributed by atoms with Crippen LogP contribution < -0.4 is 16.8 Å². The number of hydrogen-bond acceptors (Lipinski definition) is 15. The summed E-state index contributed by atoms with van der Waals surface area (Å²) in [6.45, 7) is 20.0. The number of anilines is 2. The van der Waals surface area contributed by atoms with E-state index < -0.39 is 11.2 Å². The van der Waals surface area contributed by atoms with E-state index in [0.29, 0.717) is 37.9 Å². The Bertz CT molecular complexity index is 2640. The first-order valence-corrected chi connectivity index (χ1v) is 27.5. The molecule has 77 heavy (non-hydrogen) atoms. The Morgan fingerprint density at radius 3 is 1.49 bits per heavy atom. The number of ether oxygens (including phenoxy) is 4. The average Bonchev–Trinajstić information content (AvgIpc) is 4.00. The molecule has 6 rings (SSSR count). The number of likely N-dealkylation sites (N-methyl/N-ethyl adjacent to an activating group) is 1. The van der Waals surface area contributed by atoms with Crippen LogP contribution in [0.3, 0.4) is 0 Å². The molecule has 17 nitrogen and oxygen atoms in total. The molecule has 2 aromatic carbocycles. The molecule has 0 bridgehead atoms. The van der Waals surface area contributed by atoms with Gasteiger partial charge in [-0.25, -0.2) is 19.9 Å². The van der Waals surface area contributed by atoms with E-state index in [1.165, 1.54) is 30.4 Å². The zero-order chi connectivity index (χ0) is 54.8. The molecule has 0 saturated carbocycles. The lowest BCUT2D eigenvalue weighted by molar-refractivity contribution is -0.157. The second-order valence-corrected chi connectivity index (χ2v) is 21.4. The Hall–Kier alpha value is -5.46. The molecule has 6 aromatic rings. The number of aliphatic hydroxyl groups is 1. The molecule has 0 aliphatic carbocycles. The summed E-state index contributed by atoms with van der Waals surface area (Å²) in [5, 5.41) is 13.7. The van der Waals surface area contributed by atoms with Crippen LogP contribution in [0.4, 0.5) is 11.6 Å². The van der Waals surface area contributed by atoms with Crippen LogP contribution in [0.15, 0.2) is 36.4 Å². The van der Waals surface area contributed by atoms with Crippen molar-refractivity contribution in [2.45, 2.75) is 184 Å². The molecule has 0 amide bonds. The molecule has 0 atom stereocenters. The van der Waals surface area contributed by atoms with E-state index in [2.05, 4.69) is 87.4 Å². The average molecular weight is 1070 g/mol. The summed E-state index contributed by atoms with van der Waals surface area (Å²) in [6, 6.07) is 13.0. The SMILES string of the molecule is C.C.CC(C)(C)OC(=O)CCOCCO.CCCCc1nc2c([nH]1)c(N)nc1cc(CCCCCN(C)CCOCCC(=O)OC(C)(C)C)ccc12.CCCCc1nc2c([nH]1)c(N)nc1cc(CCCCCNC)ccc12. The first-order valence-electron chi connectivity index (χ1n) is 27.5. The number of aromatic nitrogens is 6. The van der Waals surface area contributed by atoms with Crippen molar-refractivity contribution in [1.29, 1.82) is 0 Å². The van der Waals surface area contributed by atoms with E-state index >= 15 is 0 Å². The maximum Gasteiger partial charge on any atom is 0.308 e. The summed E-state index contributed by atoms with van der Waals surface area (Å²) in [5.74, 6) is 2.57. The number of unbranched alkanes of at least 4 members (excludes halogenated alkanes) is 6. The number of imidazole rings is 2. The maximum absolute atomic E-state index is 11.7. The Kier molecular flexibility index (Phi) is 30.9. The number of hydrogen-bond donors (Lipinski definition) is 6. The first kappa shape index (κ1) is 67.6. The fourth-order valence-electron chi connectivity index (χ4n) is 8.34. The molecular weight excluding hydrogens is 973 g/mol. The number of rotatable bonds is 29. The van der Waals surface area contributed by atoms with Crippen molar-refractivity contribution in [3.63, 3.8) is 0 Å². The van der Waals surface area contributed by atoms with Gasteiger partial charge in [0, 0.05) is 30.2 Å². The van der Waals surface area contributed by atoms with Gasteiger partial charge in [0.25, 0.3) is 0 Å². The second-order valence-electron chi connectivity index (χ2n) is 21.4. The van der Waals surface area contributed by atoms with Crippen LogP contribution in [0.2, 0.25) is 0 Å². The van der Waals surface area contributed by atoms with Gasteiger partial charge in [-0.15, -0.1) is 0 Å². The number of aryl methyl sites for hydroxylation is 4. The number of aliphatic hydroxyl groups excluding tert-OH is 1. The number of aromatic amines is 2. The standard InChI is InChI=1S/C29H45N5O3.C20H29N5.C9H18O4.2CH4/c1-6-7-12-24-32-26-22-14-13-21(20-23(22)31-28(30)27(26)33-24)11-9-8-10-16-34(5)17-19-36-18-15-25(35)37-29(2,3)4;1-3-4-9-17-24-18-15-11-10-14(8-6-5-7-12-22-2)13-16(15)23-20(21)19(18)25-17;1-9(2,3)13-8(11)4-6-12-7-5-10;;/h13-14,20H,6-12,15-19H2,1-5H3,(H2,30,31)(H,32,33);10-11,13,22H,3-9,12H2,1-2H3,(H2,21,23)(H,24,25);10H,4-7H2,1-3H3;2*1H4. The van der Waals surface area contributed by atoms with Crippen LogP contribution in [0.1, 0.15) is 170 Å². The monoisotopic (exact) mass is 1070 g/mol. The Morgan fingerprint density at radius 1 is 0.610 bits per heavy atom. The molecule has 0 fully saturated rings. The molecule has 0 aliphatic heterocycles. The predicted octanol–water partition coefficient (Wildman–Crippen LogP) is 11.4. The number of nitrogens with zero attached hydrogens (tertiary/aromatic N) is 5. The van der Waals surface area contributed by atoms with E-state index in [1.54, 1.807) is 0 Å². The normalized spacial score (nSPS) is 11.5. The Balaban J connectivity index is 0.000000437. The largest absolute Gasteiger partial charge is 0.460 e. The molecule has 4 aromatic heterocycles. The summed E-state index contributed by atoms with van der Waals surface area (Å²) in [6.07, 6.45) is 16.2. The van der Waals surface area contributed by atoms with Gasteiger partial charge in [0.15, 0.2) is 0 Å². The van der Waals surface area contributed by atoms with E-state index in [9.17, 15) is 9.59 Å². The number of esters is 2. The highest BCUT2D eigenvalue weighted by molar-refractivity contribution is 6.07. The molecule has 0 unspecified atom stereocenters. The van der Waals surface area contributed by atoms with Gasteiger partial charge in [-0.05, 0) is 143 Å². The van der Waals surface area contributed by atoms with Crippen LogP contribution >= 0.6 is 0 Å². The number of benzene rings is 2. The predicted molar refractivity (Wildman–Crippen MR) is 318 cm³/mol. The van der Waals surface area contributed by atoms with Gasteiger partial charge < -0.3 is 55.7 Å². The van der Waals surface area contributed by atoms with Crippen LogP contribution in [-0.2, 0) is 54.2 Å². The fourth-order valence-corrected chi connectivity index (χ4v) is 8.34. The number of nitrogen functional groups attached to an aromatic ring is 2. The van der Waals surface area contributed by atoms with Crippen molar-refractivity contribution in [3.8, 4) is 0 Å². The molecule has 0 spiro atoms. The minimum atomic E-state index is -0.443. The van der Waals surface area contributed by atoms with Crippen LogP contribution in [0.25, 0.3) is 43.9 Å². The number of nitrogens with one attached hydrogen (secondary N) is 3. The summed E-state index contributed by atoms with van der Waals surface area (Å²) in [4.78, 5) is 50.6. The van der Waals surface area contributed by atoms with Gasteiger partial charge in [-0.1, -0.05) is 78.6 Å². The van der Waals surface area contributed by atoms with Crippen molar-refractivity contribution in [2.24, 2.45) is 0 Å². The number of fused-ring (bicyclic) bond motifs is 6. The molecule has 432 valence electrons. The van der Waals surface area contributed by atoms with Gasteiger partial charge in [0.1, 0.15) is 56.6 Å². The lowest BCUT2D eigenvalue weighted by Crippen LogP contribution is -2.26. The highest BCUT2D eigenvalue weighted by atomic mass is 16.6. The third kappa shape index (κ3) is 24.8. The van der Waals surface area contributed by atoms with Gasteiger partial charge in [0.05, 0.1) is 56.9 Å². The number of H-pyrrole nitrogens is 2. The number of nitrogens with two attached hydrogens (primary N) is 2. The zero-order valence-electron chi connectivity index (χ0n) is 47.2. The fraction of sp³-hybridized carbons (Fsp3) is 0.633. The summed E-state index contributed by atoms with van der Waals surface area (Å²) in [7, 11) is 4.11. The molecule has 0 aliphatic rings. The minimum Gasteiger partial charge on any atom is -0.460 e. The topological polar surface area (TPSA) is 242 Å². The Morgan fingerprint density at radius 2 is 1.06 bits per heavy atom. The lowest BCUT2D eigenvalue weighted by atomic mass is 10.0. The van der Waals surface area contributed by atoms with Gasteiger partial charge in [0.2, 0.25) is 0 Å². The number of pyridine rings is 2. The third-order valence-electron chi connectivity index (χ3n) is 12.2. The number of carbonyl (C=O) groups excluding carboxylic acids is 2. The van der Waals surface area contributed by atoms with E-state index in [4.69, 9.17) is 45.5 Å². The summed E-state index contributed by atoms with van der Waals surface area (Å²) in [5.41, 5.74) is 19.6. The molecule has 4 heterocycles. The smallest absolute Gasteiger partial charge is 0.308 e. The molecule has 0 radical (unpaired) electrons. The van der Waals surface area contributed by atoms with Crippen molar-refractivity contribution in [1.82, 2.24) is 40.1 Å². The maximum atomic E-state index is 11.7. The van der Waals surface area contributed by atoms with Crippen molar-refractivity contribution in [3.05, 3.63) is 59.2 Å². The van der Waals surface area contributed by atoms with Crippen LogP contribution in [0, 0.1) is 0 Å². The van der Waals surface area contributed by atoms with Gasteiger partial charge in [-0.2, -0.15) is 0 Å². The van der Waals surface area contributed by atoms with Crippen LogP contribution in [-0.4, -0.2) is 130 Å². The third-order valence-corrected chi connectivity index (χ3v) is 12.2. The highest BCUT2D eigenvalue weighted by Crippen LogP contribution is 2.29. The molecule has 17 heteroatoms. The molecular formula is C60H100N10O7. The summed E-state index contributed by atoms with van der Waals surface area (Å²) >= 11 is 0. The lowest BCUT2D eigenvalue weighted by Gasteiger charge is -2.19. The van der Waals surface area contributed by atoms with Gasteiger partial charge >= 0.3 is 11.9 Å².